The van der Waals surface area contributed by atoms with Crippen molar-refractivity contribution < 1.29 is 23.1 Å². The molecule has 0 aliphatic rings. The van der Waals surface area contributed by atoms with E-state index in [1.54, 1.807) is 0 Å². The van der Waals surface area contributed by atoms with E-state index in [2.05, 4.69) is 10.3 Å². The van der Waals surface area contributed by atoms with Crippen LogP contribution in [-0.2, 0) is 6.18 Å². The first-order valence-electron chi connectivity index (χ1n) is 5.25. The highest BCUT2D eigenvalue weighted by Crippen LogP contribution is 2.34. The fourth-order valence-electron chi connectivity index (χ4n) is 1.67. The van der Waals surface area contributed by atoms with E-state index in [1.165, 1.54) is 25.1 Å². The molecular formula is C11H7ClF3N3O2. The number of halogens is 4. The number of aromatic carboxylic acids is 1. The van der Waals surface area contributed by atoms with E-state index >= 15 is 0 Å². The van der Waals surface area contributed by atoms with Crippen LogP contribution < -0.4 is 0 Å². The molecule has 0 aliphatic carbocycles. The summed E-state index contributed by atoms with van der Waals surface area (Å²) in [4.78, 5) is 10.8. The van der Waals surface area contributed by atoms with Crippen molar-refractivity contribution in [3.63, 3.8) is 0 Å². The van der Waals surface area contributed by atoms with Crippen LogP contribution in [0.15, 0.2) is 18.2 Å². The zero-order chi connectivity index (χ0) is 15.1. The lowest BCUT2D eigenvalue weighted by Crippen LogP contribution is -2.18. The molecule has 20 heavy (non-hydrogen) atoms. The topological polar surface area (TPSA) is 68.0 Å². The fraction of sp³-hybridized carbons (Fsp3) is 0.182. The third-order valence-electron chi connectivity index (χ3n) is 2.61. The monoisotopic (exact) mass is 305 g/mol. The summed E-state index contributed by atoms with van der Waals surface area (Å²) in [6, 6.07) is 4.28. The second-order valence-electron chi connectivity index (χ2n) is 3.89. The molecule has 0 saturated heterocycles. The Hall–Kier alpha value is -2.09. The summed E-state index contributed by atoms with van der Waals surface area (Å²) in [5.74, 6) is -1.80. The average Bonchev–Trinajstić information content (AvgIpc) is 2.77. The van der Waals surface area contributed by atoms with Gasteiger partial charge in [-0.1, -0.05) is 22.9 Å². The van der Waals surface area contributed by atoms with Gasteiger partial charge in [-0.2, -0.15) is 13.2 Å². The van der Waals surface area contributed by atoms with Crippen LogP contribution in [0.3, 0.4) is 0 Å². The smallest absolute Gasteiger partial charge is 0.436 e. The van der Waals surface area contributed by atoms with Gasteiger partial charge in [0.1, 0.15) is 0 Å². The first-order chi connectivity index (χ1) is 9.23. The van der Waals surface area contributed by atoms with Crippen molar-refractivity contribution in [1.29, 1.82) is 0 Å². The SMILES string of the molecule is Cc1c(Cl)cccc1-n1nnc(C(=O)O)c1C(F)(F)F. The van der Waals surface area contributed by atoms with Crippen molar-refractivity contribution >= 4 is 17.6 Å². The molecule has 1 aromatic carbocycles. The maximum atomic E-state index is 13.0. The van der Waals surface area contributed by atoms with Gasteiger partial charge < -0.3 is 5.11 Å². The minimum atomic E-state index is -4.91. The first kappa shape index (κ1) is 14.3. The van der Waals surface area contributed by atoms with Crippen LogP contribution >= 0.6 is 11.6 Å². The van der Waals surface area contributed by atoms with Crippen molar-refractivity contribution in [1.82, 2.24) is 15.0 Å². The second-order valence-corrected chi connectivity index (χ2v) is 4.29. The van der Waals surface area contributed by atoms with Gasteiger partial charge in [-0.3, -0.25) is 0 Å². The molecule has 106 valence electrons. The highest BCUT2D eigenvalue weighted by atomic mass is 35.5. The summed E-state index contributed by atoms with van der Waals surface area (Å²) < 4.78 is 39.5. The van der Waals surface area contributed by atoms with Gasteiger partial charge in [0.25, 0.3) is 0 Å². The molecule has 5 nitrogen and oxygen atoms in total. The van der Waals surface area contributed by atoms with E-state index in [9.17, 15) is 18.0 Å². The van der Waals surface area contributed by atoms with E-state index in [0.29, 0.717) is 10.2 Å². The molecule has 1 heterocycles. The Morgan fingerprint density at radius 1 is 1.40 bits per heavy atom. The summed E-state index contributed by atoms with van der Waals surface area (Å²) in [6.07, 6.45) is -4.91. The van der Waals surface area contributed by atoms with Gasteiger partial charge in [-0.15, -0.1) is 5.10 Å². The molecule has 0 spiro atoms. The van der Waals surface area contributed by atoms with Gasteiger partial charge >= 0.3 is 12.1 Å². The van der Waals surface area contributed by atoms with Gasteiger partial charge in [0.2, 0.25) is 5.69 Å². The highest BCUT2D eigenvalue weighted by molar-refractivity contribution is 6.31. The van der Waals surface area contributed by atoms with Crippen molar-refractivity contribution in [3.8, 4) is 5.69 Å². The molecular weight excluding hydrogens is 299 g/mol. The molecule has 0 radical (unpaired) electrons. The van der Waals surface area contributed by atoms with E-state index in [0.717, 1.165) is 0 Å². The Balaban J connectivity index is 2.76. The Labute approximate surface area is 115 Å². The average molecular weight is 306 g/mol. The number of carboxylic acids is 1. The van der Waals surface area contributed by atoms with Crippen molar-refractivity contribution in [3.05, 3.63) is 40.2 Å². The minimum Gasteiger partial charge on any atom is -0.476 e. The zero-order valence-electron chi connectivity index (χ0n) is 9.94. The number of carbonyl (C=O) groups is 1. The number of hydrogen-bond acceptors (Lipinski definition) is 3. The van der Waals surface area contributed by atoms with E-state index in [-0.39, 0.29) is 10.7 Å². The lowest BCUT2D eigenvalue weighted by molar-refractivity contribution is -0.143. The Morgan fingerprint density at radius 2 is 2.05 bits per heavy atom. The normalized spacial score (nSPS) is 11.7. The maximum absolute atomic E-state index is 13.0. The molecule has 0 aliphatic heterocycles. The van der Waals surface area contributed by atoms with Crippen LogP contribution in [0.2, 0.25) is 5.02 Å². The molecule has 1 N–H and O–H groups in total. The summed E-state index contributed by atoms with van der Waals surface area (Å²) in [7, 11) is 0. The molecule has 2 aromatic rings. The predicted octanol–water partition coefficient (Wildman–Crippen LogP) is 2.95. The van der Waals surface area contributed by atoms with Gasteiger partial charge in [0, 0.05) is 5.02 Å². The van der Waals surface area contributed by atoms with Crippen LogP contribution in [0.5, 0.6) is 0 Å². The quantitative estimate of drug-likeness (QED) is 0.926. The third kappa shape index (κ3) is 2.34. The summed E-state index contributed by atoms with van der Waals surface area (Å²) in [5, 5.41) is 15.4. The van der Waals surface area contributed by atoms with Crippen LogP contribution in [0, 0.1) is 6.92 Å². The number of benzene rings is 1. The molecule has 0 saturated carbocycles. The van der Waals surface area contributed by atoms with Crippen LogP contribution in [0.1, 0.15) is 21.7 Å². The number of nitrogens with zero attached hydrogens (tertiary/aromatic N) is 3. The predicted molar refractivity (Wildman–Crippen MR) is 63.1 cm³/mol. The number of hydrogen-bond donors (Lipinski definition) is 1. The molecule has 0 fully saturated rings. The molecule has 0 unspecified atom stereocenters. The largest absolute Gasteiger partial charge is 0.476 e. The maximum Gasteiger partial charge on any atom is 0.436 e. The fourth-order valence-corrected chi connectivity index (χ4v) is 1.84. The first-order valence-corrected chi connectivity index (χ1v) is 5.63. The lowest BCUT2D eigenvalue weighted by atomic mass is 10.2. The van der Waals surface area contributed by atoms with Crippen LogP contribution in [0.25, 0.3) is 5.69 Å². The summed E-state index contributed by atoms with van der Waals surface area (Å²) >= 11 is 5.84. The zero-order valence-corrected chi connectivity index (χ0v) is 10.7. The van der Waals surface area contributed by atoms with Crippen LogP contribution in [-0.4, -0.2) is 26.1 Å². The standard InChI is InChI=1S/C11H7ClF3N3O2/c1-5-6(12)3-2-4-7(5)18-9(11(13,14)15)8(10(19)20)16-17-18/h2-4H,1H3,(H,19,20). The van der Waals surface area contributed by atoms with Crippen molar-refractivity contribution in [2.24, 2.45) is 0 Å². The molecule has 9 heteroatoms. The van der Waals surface area contributed by atoms with Gasteiger partial charge in [-0.25, -0.2) is 9.48 Å². The van der Waals surface area contributed by atoms with E-state index in [4.69, 9.17) is 16.7 Å². The molecule has 2 rings (SSSR count). The third-order valence-corrected chi connectivity index (χ3v) is 3.02. The van der Waals surface area contributed by atoms with Crippen LogP contribution in [0.4, 0.5) is 13.2 Å². The molecule has 0 atom stereocenters. The van der Waals surface area contributed by atoms with Crippen molar-refractivity contribution in [2.75, 3.05) is 0 Å². The second kappa shape index (κ2) is 4.78. The Kier molecular flexibility index (Phi) is 3.43. The van der Waals surface area contributed by atoms with E-state index in [1.807, 2.05) is 0 Å². The van der Waals surface area contributed by atoms with Gasteiger partial charge in [-0.05, 0) is 24.6 Å². The van der Waals surface area contributed by atoms with E-state index < -0.39 is 23.5 Å². The number of rotatable bonds is 2. The van der Waals surface area contributed by atoms with Gasteiger partial charge in [0.05, 0.1) is 5.69 Å². The Bertz CT molecular complexity index is 682. The van der Waals surface area contributed by atoms with Crippen molar-refractivity contribution in [2.45, 2.75) is 13.1 Å². The molecule has 1 aromatic heterocycles. The highest BCUT2D eigenvalue weighted by Gasteiger charge is 2.42. The number of aromatic nitrogens is 3. The molecule has 0 bridgehead atoms. The van der Waals surface area contributed by atoms with Gasteiger partial charge in [0.15, 0.2) is 5.69 Å². The molecule has 0 amide bonds. The summed E-state index contributed by atoms with van der Waals surface area (Å²) in [5.41, 5.74) is -2.25. The summed E-state index contributed by atoms with van der Waals surface area (Å²) in [6.45, 7) is 1.50. The lowest BCUT2D eigenvalue weighted by Gasteiger charge is -2.12. The Morgan fingerprint density at radius 3 is 2.60 bits per heavy atom. The minimum absolute atomic E-state index is 0.0184. The number of carboxylic acid groups (broad SMARTS) is 1. The number of alkyl halides is 3.